The topological polar surface area (TPSA) is 24.9 Å². The Morgan fingerprint density at radius 1 is 1.20 bits per heavy atom. The predicted molar refractivity (Wildman–Crippen MR) is 83.9 cm³/mol. The van der Waals surface area contributed by atoms with Crippen LogP contribution in [0.25, 0.3) is 0 Å². The second-order valence-electron chi connectivity index (χ2n) is 7.49. The van der Waals surface area contributed by atoms with E-state index < -0.39 is 0 Å². The first-order valence-corrected chi connectivity index (χ1v) is 9.19. The number of hydrogen-bond donors (Lipinski definition) is 1. The van der Waals surface area contributed by atoms with E-state index in [0.29, 0.717) is 6.04 Å². The fourth-order valence-corrected chi connectivity index (χ4v) is 6.57. The lowest BCUT2D eigenvalue weighted by atomic mass is 9.50. The number of aryl methyl sites for hydroxylation is 1. The lowest BCUT2D eigenvalue weighted by molar-refractivity contribution is -0.0507. The molecule has 1 aromatic heterocycles. The Labute approximate surface area is 126 Å². The Morgan fingerprint density at radius 3 is 2.35 bits per heavy atom. The predicted octanol–water partition coefficient (Wildman–Crippen LogP) is 3.65. The number of rotatable bonds is 4. The molecule has 0 amide bonds. The minimum Gasteiger partial charge on any atom is -0.316 e. The van der Waals surface area contributed by atoms with Crippen molar-refractivity contribution in [2.24, 2.45) is 29.6 Å². The van der Waals surface area contributed by atoms with E-state index in [-0.39, 0.29) is 0 Å². The molecular weight excluding hydrogens is 264 g/mol. The van der Waals surface area contributed by atoms with Gasteiger partial charge >= 0.3 is 0 Å². The van der Waals surface area contributed by atoms with Gasteiger partial charge in [-0.1, -0.05) is 0 Å². The fourth-order valence-electron chi connectivity index (χ4n) is 5.74. The van der Waals surface area contributed by atoms with E-state index in [0.717, 1.165) is 36.0 Å². The van der Waals surface area contributed by atoms with Crippen LogP contribution in [0.15, 0.2) is 5.38 Å². The van der Waals surface area contributed by atoms with Gasteiger partial charge in [0, 0.05) is 23.5 Å². The highest BCUT2D eigenvalue weighted by Crippen LogP contribution is 2.57. The Morgan fingerprint density at radius 2 is 1.85 bits per heavy atom. The van der Waals surface area contributed by atoms with Gasteiger partial charge in [0.25, 0.3) is 0 Å². The van der Waals surface area contributed by atoms with E-state index in [1.165, 1.54) is 36.4 Å². The summed E-state index contributed by atoms with van der Waals surface area (Å²) in [5.74, 6) is 5.08. The van der Waals surface area contributed by atoms with Gasteiger partial charge in [-0.05, 0) is 75.7 Å². The Balaban J connectivity index is 1.52. The van der Waals surface area contributed by atoms with E-state index in [9.17, 15) is 0 Å². The Hall–Kier alpha value is -0.410. The summed E-state index contributed by atoms with van der Waals surface area (Å²) < 4.78 is 0. The van der Waals surface area contributed by atoms with Gasteiger partial charge < -0.3 is 5.32 Å². The van der Waals surface area contributed by atoms with E-state index >= 15 is 0 Å². The minimum atomic E-state index is 0.649. The van der Waals surface area contributed by atoms with Gasteiger partial charge in [-0.2, -0.15) is 0 Å². The monoisotopic (exact) mass is 290 g/mol. The third-order valence-electron chi connectivity index (χ3n) is 6.20. The molecule has 4 aliphatic carbocycles. The molecule has 3 heteroatoms. The van der Waals surface area contributed by atoms with E-state index in [4.69, 9.17) is 0 Å². The maximum absolute atomic E-state index is 4.69. The van der Waals surface area contributed by atoms with Crippen LogP contribution in [0.1, 0.15) is 42.8 Å². The molecule has 1 aromatic rings. The van der Waals surface area contributed by atoms with Gasteiger partial charge in [-0.25, -0.2) is 4.98 Å². The highest BCUT2D eigenvalue weighted by atomic mass is 32.1. The average molecular weight is 290 g/mol. The number of nitrogens with zero attached hydrogens (tertiary/aromatic N) is 1. The molecule has 4 fully saturated rings. The van der Waals surface area contributed by atoms with Crippen molar-refractivity contribution >= 4 is 11.3 Å². The molecule has 0 spiro atoms. The standard InChI is InChI=1S/C17H26N2S/c1-10-9-20-16(19-10)8-15(18-2)17-13-4-11-3-12(6-13)7-14(17)5-11/h9,11-15,17-18H,3-8H2,1-2H3. The fraction of sp³-hybridized carbons (Fsp3) is 0.824. The molecule has 0 aromatic carbocycles. The van der Waals surface area contributed by atoms with Crippen LogP contribution in [0.3, 0.4) is 0 Å². The summed E-state index contributed by atoms with van der Waals surface area (Å²) in [5, 5.41) is 7.18. The quantitative estimate of drug-likeness (QED) is 0.915. The normalized spacial score (nSPS) is 40.2. The third kappa shape index (κ3) is 2.23. The zero-order valence-corrected chi connectivity index (χ0v) is 13.5. The average Bonchev–Trinajstić information content (AvgIpc) is 2.81. The first-order valence-electron chi connectivity index (χ1n) is 8.31. The first-order chi connectivity index (χ1) is 9.72. The van der Waals surface area contributed by atoms with Crippen LogP contribution in [0, 0.1) is 36.5 Å². The van der Waals surface area contributed by atoms with Crippen LogP contribution >= 0.6 is 11.3 Å². The van der Waals surface area contributed by atoms with Crippen molar-refractivity contribution in [2.45, 2.75) is 51.5 Å². The summed E-state index contributed by atoms with van der Waals surface area (Å²) >= 11 is 1.84. The molecule has 20 heavy (non-hydrogen) atoms. The van der Waals surface area contributed by atoms with Crippen LogP contribution in [0.2, 0.25) is 0 Å². The molecule has 4 aliphatic rings. The molecule has 2 nitrogen and oxygen atoms in total. The van der Waals surface area contributed by atoms with Gasteiger partial charge in [0.2, 0.25) is 0 Å². The zero-order chi connectivity index (χ0) is 13.7. The van der Waals surface area contributed by atoms with Gasteiger partial charge in [-0.3, -0.25) is 0 Å². The summed E-state index contributed by atoms with van der Waals surface area (Å²) in [7, 11) is 2.16. The Bertz CT molecular complexity index is 453. The maximum Gasteiger partial charge on any atom is 0.0943 e. The van der Waals surface area contributed by atoms with Gasteiger partial charge in [0.15, 0.2) is 0 Å². The van der Waals surface area contributed by atoms with Crippen molar-refractivity contribution in [1.82, 2.24) is 10.3 Å². The van der Waals surface area contributed by atoms with Crippen molar-refractivity contribution in [3.8, 4) is 0 Å². The third-order valence-corrected chi connectivity index (χ3v) is 7.19. The first kappa shape index (κ1) is 13.3. The summed E-state index contributed by atoms with van der Waals surface area (Å²) in [4.78, 5) is 4.69. The summed E-state index contributed by atoms with van der Waals surface area (Å²) in [6, 6.07) is 0.649. The number of thiazole rings is 1. The molecule has 1 N–H and O–H groups in total. The van der Waals surface area contributed by atoms with Gasteiger partial charge in [0.1, 0.15) is 0 Å². The molecule has 0 radical (unpaired) electrons. The molecule has 4 bridgehead atoms. The maximum atomic E-state index is 4.69. The molecular formula is C17H26N2S. The molecule has 0 saturated heterocycles. The van der Waals surface area contributed by atoms with Crippen molar-refractivity contribution in [3.05, 3.63) is 16.1 Å². The second-order valence-corrected chi connectivity index (χ2v) is 8.43. The van der Waals surface area contributed by atoms with Crippen LogP contribution in [0.5, 0.6) is 0 Å². The largest absolute Gasteiger partial charge is 0.316 e. The van der Waals surface area contributed by atoms with Gasteiger partial charge in [-0.15, -0.1) is 11.3 Å². The van der Waals surface area contributed by atoms with E-state index in [2.05, 4.69) is 29.7 Å². The number of aromatic nitrogens is 1. The van der Waals surface area contributed by atoms with E-state index in [1.54, 1.807) is 6.42 Å². The van der Waals surface area contributed by atoms with Gasteiger partial charge in [0.05, 0.1) is 5.01 Å². The zero-order valence-electron chi connectivity index (χ0n) is 12.6. The van der Waals surface area contributed by atoms with Crippen LogP contribution in [0.4, 0.5) is 0 Å². The molecule has 1 atom stereocenters. The van der Waals surface area contributed by atoms with Crippen LogP contribution < -0.4 is 5.32 Å². The molecule has 1 unspecified atom stereocenters. The molecule has 0 aliphatic heterocycles. The summed E-state index contributed by atoms with van der Waals surface area (Å²) in [6.45, 7) is 2.11. The van der Waals surface area contributed by atoms with E-state index in [1.807, 2.05) is 11.3 Å². The number of hydrogen-bond acceptors (Lipinski definition) is 3. The number of nitrogens with one attached hydrogen (secondary N) is 1. The van der Waals surface area contributed by atoms with Crippen LogP contribution in [-0.2, 0) is 6.42 Å². The smallest absolute Gasteiger partial charge is 0.0943 e. The lowest BCUT2D eigenvalue weighted by Crippen LogP contribution is -2.53. The number of likely N-dealkylation sites (N-methyl/N-ethyl adjacent to an activating group) is 1. The Kier molecular flexibility index (Phi) is 3.38. The van der Waals surface area contributed by atoms with Crippen molar-refractivity contribution in [1.29, 1.82) is 0 Å². The highest BCUT2D eigenvalue weighted by molar-refractivity contribution is 7.09. The van der Waals surface area contributed by atoms with Crippen LogP contribution in [-0.4, -0.2) is 18.1 Å². The van der Waals surface area contributed by atoms with Crippen molar-refractivity contribution in [3.63, 3.8) is 0 Å². The molecule has 4 saturated carbocycles. The molecule has 1 heterocycles. The second kappa shape index (κ2) is 5.10. The summed E-state index contributed by atoms with van der Waals surface area (Å²) in [5.41, 5.74) is 1.19. The highest BCUT2D eigenvalue weighted by Gasteiger charge is 2.50. The molecule has 110 valence electrons. The summed E-state index contributed by atoms with van der Waals surface area (Å²) in [6.07, 6.45) is 8.77. The molecule has 5 rings (SSSR count). The minimum absolute atomic E-state index is 0.649. The van der Waals surface area contributed by atoms with Crippen molar-refractivity contribution in [2.75, 3.05) is 7.05 Å². The lowest BCUT2D eigenvalue weighted by Gasteiger charge is -2.56. The van der Waals surface area contributed by atoms with Crippen molar-refractivity contribution < 1.29 is 0 Å². The SMILES string of the molecule is CNC(Cc1nc(C)cs1)C1C2CC3CC(C2)CC1C3.